The van der Waals surface area contributed by atoms with Gasteiger partial charge in [-0.1, -0.05) is 12.1 Å². The summed E-state index contributed by atoms with van der Waals surface area (Å²) in [6.45, 7) is 3.57. The number of ether oxygens (including phenoxy) is 3. The SMILES string of the molecule is O=C(CN1CCOC(c2ccc(F)c(F)c2)C1)N1CCCC1c1ccc2c(c1)OCCO2. The molecule has 3 aliphatic rings. The molecule has 8 heteroatoms. The Morgan fingerprint density at radius 2 is 1.75 bits per heavy atom. The Hall–Kier alpha value is -2.71. The van der Waals surface area contributed by atoms with Gasteiger partial charge in [0.15, 0.2) is 23.1 Å². The third kappa shape index (κ3) is 4.29. The Kier molecular flexibility index (Phi) is 5.97. The number of rotatable bonds is 4. The maximum Gasteiger partial charge on any atom is 0.237 e. The minimum Gasteiger partial charge on any atom is -0.486 e. The number of hydrogen-bond acceptors (Lipinski definition) is 5. The summed E-state index contributed by atoms with van der Waals surface area (Å²) in [7, 11) is 0. The lowest BCUT2D eigenvalue weighted by Gasteiger charge is -2.34. The largest absolute Gasteiger partial charge is 0.486 e. The molecule has 0 aliphatic carbocycles. The quantitative estimate of drug-likeness (QED) is 0.723. The van der Waals surface area contributed by atoms with Crippen LogP contribution in [0, 0.1) is 11.6 Å². The maximum atomic E-state index is 13.6. The van der Waals surface area contributed by atoms with E-state index in [9.17, 15) is 13.6 Å². The Balaban J connectivity index is 1.25. The number of morpholine rings is 1. The number of carbonyl (C=O) groups excluding carboxylic acids is 1. The first-order valence-electron chi connectivity index (χ1n) is 11.1. The molecule has 3 aliphatic heterocycles. The summed E-state index contributed by atoms with van der Waals surface area (Å²) in [6.07, 6.45) is 1.47. The topological polar surface area (TPSA) is 51.2 Å². The molecule has 0 spiro atoms. The molecule has 0 N–H and O–H groups in total. The van der Waals surface area contributed by atoms with E-state index in [2.05, 4.69) is 0 Å². The number of amides is 1. The van der Waals surface area contributed by atoms with Gasteiger partial charge in [-0.15, -0.1) is 0 Å². The van der Waals surface area contributed by atoms with Crippen LogP contribution >= 0.6 is 0 Å². The number of fused-ring (bicyclic) bond motifs is 1. The van der Waals surface area contributed by atoms with Crippen molar-refractivity contribution in [2.45, 2.75) is 25.0 Å². The molecule has 2 atom stereocenters. The molecule has 0 aromatic heterocycles. The summed E-state index contributed by atoms with van der Waals surface area (Å²) < 4.78 is 44.0. The van der Waals surface area contributed by atoms with Gasteiger partial charge in [-0.05, 0) is 48.2 Å². The van der Waals surface area contributed by atoms with Crippen molar-refractivity contribution >= 4 is 5.91 Å². The highest BCUT2D eigenvalue weighted by atomic mass is 19.2. The minimum absolute atomic E-state index is 0.0151. The van der Waals surface area contributed by atoms with Gasteiger partial charge in [0, 0.05) is 19.6 Å². The lowest BCUT2D eigenvalue weighted by Crippen LogP contribution is -2.45. The van der Waals surface area contributed by atoms with Crippen LogP contribution in [-0.2, 0) is 9.53 Å². The highest BCUT2D eigenvalue weighted by Crippen LogP contribution is 2.38. The molecule has 0 bridgehead atoms. The van der Waals surface area contributed by atoms with Crippen LogP contribution in [0.5, 0.6) is 11.5 Å². The van der Waals surface area contributed by atoms with Gasteiger partial charge in [-0.25, -0.2) is 8.78 Å². The maximum absolute atomic E-state index is 13.6. The molecule has 0 radical (unpaired) electrons. The average Bonchev–Trinajstić information content (AvgIpc) is 3.31. The summed E-state index contributed by atoms with van der Waals surface area (Å²) in [5, 5.41) is 0. The molecule has 5 rings (SSSR count). The first-order chi connectivity index (χ1) is 15.6. The molecule has 170 valence electrons. The Bertz CT molecular complexity index is 1000. The van der Waals surface area contributed by atoms with Crippen LogP contribution in [0.2, 0.25) is 0 Å². The Morgan fingerprint density at radius 3 is 2.59 bits per heavy atom. The second-order valence-corrected chi connectivity index (χ2v) is 8.42. The zero-order valence-corrected chi connectivity index (χ0v) is 17.8. The first-order valence-corrected chi connectivity index (χ1v) is 11.1. The standard InChI is InChI=1S/C24H26F2N2O4/c25-18-5-3-17(12-19(18)26)23-14-27(8-9-30-23)15-24(29)28-7-1-2-20(28)16-4-6-21-22(13-16)32-11-10-31-21/h3-6,12-13,20,23H,1-2,7-11,14-15H2. The zero-order valence-electron chi connectivity index (χ0n) is 17.8. The lowest BCUT2D eigenvalue weighted by molar-refractivity contribution is -0.135. The fourth-order valence-electron chi connectivity index (χ4n) is 4.72. The number of nitrogens with zero attached hydrogens (tertiary/aromatic N) is 2. The molecule has 2 saturated heterocycles. The van der Waals surface area contributed by atoms with Crippen LogP contribution in [0.4, 0.5) is 8.78 Å². The second kappa shape index (κ2) is 9.03. The molecule has 2 fully saturated rings. The minimum atomic E-state index is -0.890. The summed E-state index contributed by atoms with van der Waals surface area (Å²) in [5.74, 6) is -0.231. The highest BCUT2D eigenvalue weighted by Gasteiger charge is 2.33. The smallest absolute Gasteiger partial charge is 0.237 e. The third-order valence-electron chi connectivity index (χ3n) is 6.35. The van der Waals surface area contributed by atoms with Crippen molar-refractivity contribution in [1.82, 2.24) is 9.80 Å². The zero-order chi connectivity index (χ0) is 22.1. The molecule has 3 heterocycles. The van der Waals surface area contributed by atoms with E-state index in [1.165, 1.54) is 12.1 Å². The highest BCUT2D eigenvalue weighted by molar-refractivity contribution is 5.79. The number of carbonyl (C=O) groups is 1. The van der Waals surface area contributed by atoms with Gasteiger partial charge in [-0.3, -0.25) is 9.69 Å². The normalized spacial score (nSPS) is 23.4. The van der Waals surface area contributed by atoms with E-state index < -0.39 is 11.6 Å². The molecule has 0 saturated carbocycles. The van der Waals surface area contributed by atoms with Gasteiger partial charge in [0.25, 0.3) is 0 Å². The summed E-state index contributed by atoms with van der Waals surface area (Å²) >= 11 is 0. The fourth-order valence-corrected chi connectivity index (χ4v) is 4.72. The monoisotopic (exact) mass is 444 g/mol. The van der Waals surface area contributed by atoms with Crippen LogP contribution in [0.1, 0.15) is 36.1 Å². The van der Waals surface area contributed by atoms with Crippen LogP contribution in [0.25, 0.3) is 0 Å². The van der Waals surface area contributed by atoms with E-state index in [-0.39, 0.29) is 24.6 Å². The third-order valence-corrected chi connectivity index (χ3v) is 6.35. The Labute approximate surface area is 185 Å². The lowest BCUT2D eigenvalue weighted by atomic mass is 10.0. The molecule has 32 heavy (non-hydrogen) atoms. The van der Waals surface area contributed by atoms with E-state index in [1.807, 2.05) is 28.0 Å². The van der Waals surface area contributed by atoms with Crippen molar-refractivity contribution in [2.75, 3.05) is 46.0 Å². The van der Waals surface area contributed by atoms with Crippen LogP contribution in [-0.4, -0.2) is 61.7 Å². The molecular formula is C24H26F2N2O4. The van der Waals surface area contributed by atoms with Crippen molar-refractivity contribution in [3.05, 3.63) is 59.2 Å². The molecule has 6 nitrogen and oxygen atoms in total. The van der Waals surface area contributed by atoms with E-state index in [1.54, 1.807) is 0 Å². The van der Waals surface area contributed by atoms with Gasteiger partial charge in [0.1, 0.15) is 13.2 Å². The second-order valence-electron chi connectivity index (χ2n) is 8.42. The van der Waals surface area contributed by atoms with Crippen molar-refractivity contribution in [3.63, 3.8) is 0 Å². The van der Waals surface area contributed by atoms with Gasteiger partial charge >= 0.3 is 0 Å². The molecule has 2 aromatic rings. The predicted molar refractivity (Wildman–Crippen MR) is 113 cm³/mol. The summed E-state index contributed by atoms with van der Waals surface area (Å²) in [6, 6.07) is 9.74. The molecule has 2 aromatic carbocycles. The van der Waals surface area contributed by atoms with Crippen LogP contribution in [0.3, 0.4) is 0 Å². The van der Waals surface area contributed by atoms with E-state index in [0.717, 1.165) is 42.5 Å². The first kappa shape index (κ1) is 21.2. The van der Waals surface area contributed by atoms with Crippen molar-refractivity contribution in [2.24, 2.45) is 0 Å². The average molecular weight is 444 g/mol. The molecule has 2 unspecified atom stereocenters. The van der Waals surface area contributed by atoms with Crippen molar-refractivity contribution < 1.29 is 27.8 Å². The van der Waals surface area contributed by atoms with Crippen LogP contribution < -0.4 is 9.47 Å². The van der Waals surface area contributed by atoms with Crippen molar-refractivity contribution in [1.29, 1.82) is 0 Å². The van der Waals surface area contributed by atoms with E-state index in [4.69, 9.17) is 14.2 Å². The van der Waals surface area contributed by atoms with Gasteiger partial charge in [0.2, 0.25) is 5.91 Å². The van der Waals surface area contributed by atoms with Crippen LogP contribution in [0.15, 0.2) is 36.4 Å². The Morgan fingerprint density at radius 1 is 0.938 bits per heavy atom. The number of hydrogen-bond donors (Lipinski definition) is 0. The number of halogens is 2. The number of likely N-dealkylation sites (tertiary alicyclic amines) is 1. The summed E-state index contributed by atoms with van der Waals surface area (Å²) in [4.78, 5) is 17.2. The van der Waals surface area contributed by atoms with E-state index in [0.29, 0.717) is 38.5 Å². The fraction of sp³-hybridized carbons (Fsp3) is 0.458. The van der Waals surface area contributed by atoms with Gasteiger partial charge in [-0.2, -0.15) is 0 Å². The predicted octanol–water partition coefficient (Wildman–Crippen LogP) is 3.47. The van der Waals surface area contributed by atoms with Gasteiger partial charge in [0.05, 0.1) is 25.3 Å². The van der Waals surface area contributed by atoms with Gasteiger partial charge < -0.3 is 19.1 Å². The summed E-state index contributed by atoms with van der Waals surface area (Å²) in [5.41, 5.74) is 1.64. The number of benzene rings is 2. The van der Waals surface area contributed by atoms with Crippen molar-refractivity contribution in [3.8, 4) is 11.5 Å². The molecule has 1 amide bonds. The van der Waals surface area contributed by atoms with E-state index >= 15 is 0 Å². The molecular weight excluding hydrogens is 418 g/mol.